The smallest absolute Gasteiger partial charge is 0.407 e. The third-order valence-corrected chi connectivity index (χ3v) is 7.24. The monoisotopic (exact) mass is 478 g/mol. The lowest BCUT2D eigenvalue weighted by Gasteiger charge is -2.35. The Labute approximate surface area is 206 Å². The predicted octanol–water partition coefficient (Wildman–Crippen LogP) is 4.65. The van der Waals surface area contributed by atoms with E-state index in [9.17, 15) is 14.4 Å². The largest absolute Gasteiger partial charge is 0.481 e. The molecule has 7 heteroatoms. The molecule has 0 heterocycles. The Morgan fingerprint density at radius 1 is 0.971 bits per heavy atom. The minimum atomic E-state index is -0.800. The van der Waals surface area contributed by atoms with Crippen molar-refractivity contribution in [3.05, 3.63) is 59.7 Å². The van der Waals surface area contributed by atoms with Crippen molar-refractivity contribution in [2.45, 2.75) is 44.4 Å². The summed E-state index contributed by atoms with van der Waals surface area (Å²) in [5, 5.41) is 11.6. The van der Waals surface area contributed by atoms with Crippen molar-refractivity contribution in [3.63, 3.8) is 0 Å². The molecule has 0 radical (unpaired) electrons. The van der Waals surface area contributed by atoms with Crippen LogP contribution in [0.2, 0.25) is 0 Å². The van der Waals surface area contributed by atoms with Crippen LogP contribution in [0.25, 0.3) is 11.1 Å². The average molecular weight is 479 g/mol. The van der Waals surface area contributed by atoms with E-state index in [1.165, 1.54) is 22.3 Å². The Balaban J connectivity index is 1.13. The number of unbranched alkanes of at least 4 members (excludes halogenated alkanes) is 1. The molecule has 0 aromatic heterocycles. The number of nitrogens with one attached hydrogen (secondary N) is 1. The molecule has 7 nitrogen and oxygen atoms in total. The third kappa shape index (κ3) is 6.21. The van der Waals surface area contributed by atoms with Gasteiger partial charge in [-0.05, 0) is 59.8 Å². The Morgan fingerprint density at radius 3 is 2.23 bits per heavy atom. The van der Waals surface area contributed by atoms with Crippen LogP contribution in [0, 0.1) is 11.8 Å². The first-order valence-electron chi connectivity index (χ1n) is 12.5. The average Bonchev–Trinajstić information content (AvgIpc) is 3.15. The predicted molar refractivity (Wildman–Crippen MR) is 133 cm³/mol. The molecule has 0 unspecified atom stereocenters. The first kappa shape index (κ1) is 24.8. The number of carbonyl (C=O) groups is 3. The number of amides is 2. The van der Waals surface area contributed by atoms with Crippen molar-refractivity contribution in [2.24, 2.45) is 11.8 Å². The molecule has 35 heavy (non-hydrogen) atoms. The highest BCUT2D eigenvalue weighted by atomic mass is 16.5. The van der Waals surface area contributed by atoms with Crippen molar-refractivity contribution in [2.75, 3.05) is 26.7 Å². The molecule has 1 saturated carbocycles. The summed E-state index contributed by atoms with van der Waals surface area (Å²) in [6.45, 7) is 1.46. The molecule has 1 fully saturated rings. The van der Waals surface area contributed by atoms with Gasteiger partial charge in [-0.3, -0.25) is 9.59 Å². The summed E-state index contributed by atoms with van der Waals surface area (Å²) in [7, 11) is 1.78. The van der Waals surface area contributed by atoms with Gasteiger partial charge in [-0.15, -0.1) is 0 Å². The standard InChI is InChI=1S/C28H34N2O5/c1-30(13-7-6-12-27(32)33)26(31)16-19-14-20(15-19)17-29-28(34)35-18-25-23-10-4-2-8-21(23)22-9-3-5-11-24(22)25/h2-5,8-11,19-20,25H,6-7,12-18H2,1H3,(H,29,34)(H,32,33). The van der Waals surface area contributed by atoms with Gasteiger partial charge < -0.3 is 20.1 Å². The molecule has 0 saturated heterocycles. The van der Waals surface area contributed by atoms with Crippen LogP contribution in [0.4, 0.5) is 4.79 Å². The summed E-state index contributed by atoms with van der Waals surface area (Å²) in [6.07, 6.45) is 3.38. The van der Waals surface area contributed by atoms with Crippen molar-refractivity contribution < 1.29 is 24.2 Å². The van der Waals surface area contributed by atoms with Crippen LogP contribution in [-0.4, -0.2) is 54.7 Å². The Bertz CT molecular complexity index is 1020. The first-order valence-corrected chi connectivity index (χ1v) is 12.5. The number of carbonyl (C=O) groups excluding carboxylic acids is 2. The van der Waals surface area contributed by atoms with Gasteiger partial charge in [-0.25, -0.2) is 4.79 Å². The van der Waals surface area contributed by atoms with E-state index >= 15 is 0 Å². The van der Waals surface area contributed by atoms with Crippen LogP contribution in [0.15, 0.2) is 48.5 Å². The number of carboxylic acids is 1. The second kappa shape index (κ2) is 11.4. The van der Waals surface area contributed by atoms with Crippen LogP contribution in [-0.2, 0) is 14.3 Å². The normalized spacial score (nSPS) is 18.2. The van der Waals surface area contributed by atoms with E-state index < -0.39 is 12.1 Å². The molecule has 2 aliphatic carbocycles. The molecule has 0 spiro atoms. The summed E-state index contributed by atoms with van der Waals surface area (Å²) in [5.74, 6) is 0.0697. The summed E-state index contributed by atoms with van der Waals surface area (Å²) in [4.78, 5) is 37.0. The number of hydrogen-bond donors (Lipinski definition) is 2. The highest BCUT2D eigenvalue weighted by Crippen LogP contribution is 2.44. The van der Waals surface area contributed by atoms with E-state index in [4.69, 9.17) is 9.84 Å². The summed E-state index contributed by atoms with van der Waals surface area (Å²) >= 11 is 0. The second-order valence-corrected chi connectivity index (χ2v) is 9.78. The fourth-order valence-corrected chi connectivity index (χ4v) is 5.24. The highest BCUT2D eigenvalue weighted by Gasteiger charge is 2.32. The van der Waals surface area contributed by atoms with Gasteiger partial charge in [0, 0.05) is 38.9 Å². The van der Waals surface area contributed by atoms with Crippen molar-refractivity contribution in [1.82, 2.24) is 10.2 Å². The number of aliphatic carboxylic acids is 1. The fraction of sp³-hybridized carbons (Fsp3) is 0.464. The van der Waals surface area contributed by atoms with E-state index in [-0.39, 0.29) is 18.2 Å². The molecular formula is C28H34N2O5. The van der Waals surface area contributed by atoms with E-state index in [2.05, 4.69) is 29.6 Å². The van der Waals surface area contributed by atoms with Gasteiger partial charge in [0.25, 0.3) is 0 Å². The topological polar surface area (TPSA) is 95.9 Å². The van der Waals surface area contributed by atoms with Gasteiger partial charge in [0.2, 0.25) is 5.91 Å². The second-order valence-electron chi connectivity index (χ2n) is 9.78. The Morgan fingerprint density at radius 2 is 1.60 bits per heavy atom. The number of alkyl carbamates (subject to hydrolysis) is 1. The van der Waals surface area contributed by atoms with Crippen molar-refractivity contribution in [3.8, 4) is 11.1 Å². The van der Waals surface area contributed by atoms with E-state index in [0.29, 0.717) is 50.8 Å². The SMILES string of the molecule is CN(CCCCC(=O)O)C(=O)CC1CC(CNC(=O)OCC2c3ccccc3-c3ccccc32)C1. The van der Waals surface area contributed by atoms with E-state index in [1.54, 1.807) is 11.9 Å². The summed E-state index contributed by atoms with van der Waals surface area (Å²) in [6, 6.07) is 16.5. The maximum Gasteiger partial charge on any atom is 0.407 e. The lowest BCUT2D eigenvalue weighted by atomic mass is 9.73. The quantitative estimate of drug-likeness (QED) is 0.458. The number of fused-ring (bicyclic) bond motifs is 3. The van der Waals surface area contributed by atoms with Crippen LogP contribution < -0.4 is 5.32 Å². The number of carboxylic acid groups (broad SMARTS) is 1. The molecular weight excluding hydrogens is 444 g/mol. The van der Waals surface area contributed by atoms with E-state index in [0.717, 1.165) is 12.8 Å². The Kier molecular flexibility index (Phi) is 8.06. The van der Waals surface area contributed by atoms with Crippen LogP contribution in [0.3, 0.4) is 0 Å². The first-order chi connectivity index (χ1) is 16.9. The number of benzene rings is 2. The van der Waals surface area contributed by atoms with Gasteiger partial charge in [-0.1, -0.05) is 48.5 Å². The maximum atomic E-state index is 12.4. The fourth-order valence-electron chi connectivity index (χ4n) is 5.24. The minimum Gasteiger partial charge on any atom is -0.481 e. The van der Waals surface area contributed by atoms with Crippen LogP contribution in [0.1, 0.15) is 55.6 Å². The van der Waals surface area contributed by atoms with Crippen LogP contribution >= 0.6 is 0 Å². The van der Waals surface area contributed by atoms with Gasteiger partial charge in [0.05, 0.1) is 0 Å². The van der Waals surface area contributed by atoms with Gasteiger partial charge in [0.1, 0.15) is 6.61 Å². The molecule has 4 rings (SSSR count). The molecule has 2 aromatic carbocycles. The minimum absolute atomic E-state index is 0.0494. The molecule has 2 N–H and O–H groups in total. The molecule has 2 aromatic rings. The lowest BCUT2D eigenvalue weighted by Crippen LogP contribution is -2.39. The molecule has 186 valence electrons. The maximum absolute atomic E-state index is 12.4. The molecule has 2 amide bonds. The van der Waals surface area contributed by atoms with Crippen LogP contribution in [0.5, 0.6) is 0 Å². The molecule has 0 aliphatic heterocycles. The zero-order valence-electron chi connectivity index (χ0n) is 20.2. The van der Waals surface area contributed by atoms with Crippen molar-refractivity contribution >= 4 is 18.0 Å². The molecule has 0 bridgehead atoms. The van der Waals surface area contributed by atoms with E-state index in [1.807, 2.05) is 24.3 Å². The zero-order chi connectivity index (χ0) is 24.8. The number of ether oxygens (including phenoxy) is 1. The van der Waals surface area contributed by atoms with Crippen molar-refractivity contribution in [1.29, 1.82) is 0 Å². The highest BCUT2D eigenvalue weighted by molar-refractivity contribution is 5.79. The summed E-state index contributed by atoms with van der Waals surface area (Å²) < 4.78 is 5.60. The van der Waals surface area contributed by atoms with Gasteiger partial charge >= 0.3 is 12.1 Å². The number of nitrogens with zero attached hydrogens (tertiary/aromatic N) is 1. The Hall–Kier alpha value is -3.35. The zero-order valence-corrected chi connectivity index (χ0v) is 20.2. The summed E-state index contributed by atoms with van der Waals surface area (Å²) in [5.41, 5.74) is 4.80. The molecule has 2 aliphatic rings. The molecule has 0 atom stereocenters. The van der Waals surface area contributed by atoms with Gasteiger partial charge in [0.15, 0.2) is 0 Å². The third-order valence-electron chi connectivity index (χ3n) is 7.24. The number of hydrogen-bond acceptors (Lipinski definition) is 4. The number of rotatable bonds is 11. The van der Waals surface area contributed by atoms with Gasteiger partial charge in [-0.2, -0.15) is 0 Å². The lowest BCUT2D eigenvalue weighted by molar-refractivity contribution is -0.137.